The maximum absolute atomic E-state index is 11.6. The molecule has 3 rings (SSSR count). The first-order valence-corrected chi connectivity index (χ1v) is 5.52. The van der Waals surface area contributed by atoms with Gasteiger partial charge < -0.3 is 0 Å². The fourth-order valence-electron chi connectivity index (χ4n) is 1.77. The topological polar surface area (TPSA) is 94.1 Å². The SMILES string of the molecule is O=c1c(=O)c(=O)c2nc3cc(Cl)ccc3nc2c1=O. The van der Waals surface area contributed by atoms with E-state index in [9.17, 15) is 19.2 Å². The van der Waals surface area contributed by atoms with E-state index in [1.165, 1.54) is 18.2 Å². The van der Waals surface area contributed by atoms with Crippen LogP contribution in [0.15, 0.2) is 37.4 Å². The van der Waals surface area contributed by atoms with Crippen molar-refractivity contribution in [3.63, 3.8) is 0 Å². The Morgan fingerprint density at radius 3 is 1.84 bits per heavy atom. The molecule has 3 aromatic rings. The first kappa shape index (κ1) is 11.6. The third-order valence-electron chi connectivity index (χ3n) is 2.68. The molecule has 1 heterocycles. The second-order valence-corrected chi connectivity index (χ2v) is 4.31. The number of aromatic nitrogens is 2. The molecule has 0 aliphatic rings. The van der Waals surface area contributed by atoms with Crippen LogP contribution >= 0.6 is 11.6 Å². The number of hydrogen-bond acceptors (Lipinski definition) is 6. The van der Waals surface area contributed by atoms with Crippen molar-refractivity contribution in [1.29, 1.82) is 0 Å². The van der Waals surface area contributed by atoms with Crippen LogP contribution in [-0.2, 0) is 0 Å². The summed E-state index contributed by atoms with van der Waals surface area (Å²) in [4.78, 5) is 53.7. The number of fused-ring (bicyclic) bond motifs is 2. The van der Waals surface area contributed by atoms with Gasteiger partial charge in [0.2, 0.25) is 0 Å². The highest BCUT2D eigenvalue weighted by Gasteiger charge is 2.15. The van der Waals surface area contributed by atoms with Gasteiger partial charge in [-0.1, -0.05) is 11.6 Å². The zero-order chi connectivity index (χ0) is 13.7. The molecule has 19 heavy (non-hydrogen) atoms. The second-order valence-electron chi connectivity index (χ2n) is 3.87. The minimum atomic E-state index is -1.38. The van der Waals surface area contributed by atoms with Gasteiger partial charge in [0.05, 0.1) is 11.0 Å². The zero-order valence-electron chi connectivity index (χ0n) is 9.14. The van der Waals surface area contributed by atoms with Crippen LogP contribution in [0.1, 0.15) is 0 Å². The standard InChI is InChI=1S/C12H3ClN2O4/c13-4-1-2-5-6(3-4)15-8-7(14-5)9(16)11(18)12(19)10(8)17/h1-3H. The van der Waals surface area contributed by atoms with Crippen molar-refractivity contribution in [1.82, 2.24) is 9.97 Å². The molecule has 0 unspecified atom stereocenters. The van der Waals surface area contributed by atoms with Crippen molar-refractivity contribution in [3.05, 3.63) is 64.1 Å². The van der Waals surface area contributed by atoms with Crippen LogP contribution in [-0.4, -0.2) is 9.97 Å². The van der Waals surface area contributed by atoms with Gasteiger partial charge in [-0.15, -0.1) is 0 Å². The van der Waals surface area contributed by atoms with Gasteiger partial charge in [-0.25, -0.2) is 9.97 Å². The van der Waals surface area contributed by atoms with E-state index in [1.54, 1.807) is 0 Å². The molecule has 0 fully saturated rings. The van der Waals surface area contributed by atoms with Gasteiger partial charge in [0.15, 0.2) is 0 Å². The van der Waals surface area contributed by atoms with E-state index in [0.717, 1.165) is 0 Å². The van der Waals surface area contributed by atoms with Crippen LogP contribution < -0.4 is 21.7 Å². The van der Waals surface area contributed by atoms with Crippen molar-refractivity contribution in [3.8, 4) is 0 Å². The van der Waals surface area contributed by atoms with Gasteiger partial charge in [-0.3, -0.25) is 19.2 Å². The van der Waals surface area contributed by atoms with Crippen LogP contribution in [0.2, 0.25) is 5.02 Å². The van der Waals surface area contributed by atoms with E-state index >= 15 is 0 Å². The molecule has 0 radical (unpaired) electrons. The molecule has 7 heteroatoms. The summed E-state index contributed by atoms with van der Waals surface area (Å²) in [5.41, 5.74) is -5.18. The van der Waals surface area contributed by atoms with Crippen LogP contribution in [0, 0.1) is 0 Å². The van der Waals surface area contributed by atoms with Crippen LogP contribution in [0.5, 0.6) is 0 Å². The Kier molecular flexibility index (Phi) is 2.30. The number of halogens is 1. The summed E-state index contributed by atoms with van der Waals surface area (Å²) in [5, 5.41) is 0.374. The Bertz CT molecular complexity index is 1050. The highest BCUT2D eigenvalue weighted by Crippen LogP contribution is 2.16. The summed E-state index contributed by atoms with van der Waals surface area (Å²) in [7, 11) is 0. The minimum Gasteiger partial charge on any atom is -0.283 e. The second kappa shape index (κ2) is 3.76. The average molecular weight is 275 g/mol. The zero-order valence-corrected chi connectivity index (χ0v) is 9.89. The number of rotatable bonds is 0. The van der Waals surface area contributed by atoms with Crippen LogP contribution in [0.25, 0.3) is 22.1 Å². The van der Waals surface area contributed by atoms with E-state index in [1.807, 2.05) is 0 Å². The Hall–Kier alpha value is -2.47. The van der Waals surface area contributed by atoms with Crippen LogP contribution in [0.4, 0.5) is 0 Å². The quantitative estimate of drug-likeness (QED) is 0.414. The summed E-state index contributed by atoms with van der Waals surface area (Å²) < 4.78 is 0. The summed E-state index contributed by atoms with van der Waals surface area (Å²) in [6.07, 6.45) is 0. The fraction of sp³-hybridized carbons (Fsp3) is 0. The van der Waals surface area contributed by atoms with Gasteiger partial charge >= 0.3 is 0 Å². The maximum atomic E-state index is 11.6. The molecule has 0 N–H and O–H groups in total. The van der Waals surface area contributed by atoms with Crippen molar-refractivity contribution >= 4 is 33.7 Å². The molecule has 92 valence electrons. The summed E-state index contributed by atoms with van der Waals surface area (Å²) >= 11 is 5.78. The molecule has 0 atom stereocenters. The van der Waals surface area contributed by atoms with Crippen molar-refractivity contribution < 1.29 is 0 Å². The van der Waals surface area contributed by atoms with Gasteiger partial charge in [0.25, 0.3) is 21.7 Å². The van der Waals surface area contributed by atoms with Crippen molar-refractivity contribution in [2.75, 3.05) is 0 Å². The highest BCUT2D eigenvalue weighted by atomic mass is 35.5. The molecule has 0 spiro atoms. The number of benzene rings is 2. The Morgan fingerprint density at radius 2 is 1.26 bits per heavy atom. The van der Waals surface area contributed by atoms with Gasteiger partial charge in [-0.2, -0.15) is 0 Å². The molecule has 2 aromatic carbocycles. The number of hydrogen-bond donors (Lipinski definition) is 0. The molecule has 0 saturated heterocycles. The lowest BCUT2D eigenvalue weighted by Gasteiger charge is -1.98. The molecule has 1 aromatic heterocycles. The maximum Gasteiger partial charge on any atom is 0.279 e. The molecule has 0 amide bonds. The molecule has 0 saturated carbocycles. The summed E-state index contributed by atoms with van der Waals surface area (Å²) in [5.74, 6) is 0. The minimum absolute atomic E-state index is 0.273. The van der Waals surface area contributed by atoms with E-state index < -0.39 is 27.2 Å². The first-order chi connectivity index (χ1) is 8.99. The largest absolute Gasteiger partial charge is 0.283 e. The van der Waals surface area contributed by atoms with Gasteiger partial charge in [-0.05, 0) is 18.2 Å². The first-order valence-electron chi connectivity index (χ1n) is 5.14. The summed E-state index contributed by atoms with van der Waals surface area (Å²) in [6.45, 7) is 0. The number of nitrogens with zero attached hydrogens (tertiary/aromatic N) is 2. The third kappa shape index (κ3) is 1.57. The highest BCUT2D eigenvalue weighted by molar-refractivity contribution is 6.31. The molecule has 0 aliphatic heterocycles. The third-order valence-corrected chi connectivity index (χ3v) is 2.91. The normalized spacial score (nSPS) is 11.2. The predicted molar refractivity (Wildman–Crippen MR) is 69.5 cm³/mol. The lowest BCUT2D eigenvalue weighted by molar-refractivity contribution is 1.30. The van der Waals surface area contributed by atoms with Gasteiger partial charge in [0, 0.05) is 5.02 Å². The lowest BCUT2D eigenvalue weighted by atomic mass is 10.2. The van der Waals surface area contributed by atoms with E-state index in [-0.39, 0.29) is 11.0 Å². The Morgan fingerprint density at radius 1 is 0.737 bits per heavy atom. The Balaban J connectivity index is 2.71. The Labute approximate surface area is 108 Å². The monoisotopic (exact) mass is 274 g/mol. The lowest BCUT2D eigenvalue weighted by Crippen LogP contribution is -2.47. The van der Waals surface area contributed by atoms with Crippen LogP contribution in [0.3, 0.4) is 0 Å². The molecular formula is C12H3ClN2O4. The van der Waals surface area contributed by atoms with Crippen molar-refractivity contribution in [2.24, 2.45) is 0 Å². The van der Waals surface area contributed by atoms with Crippen molar-refractivity contribution in [2.45, 2.75) is 0 Å². The van der Waals surface area contributed by atoms with E-state index in [0.29, 0.717) is 10.5 Å². The predicted octanol–water partition coefficient (Wildman–Crippen LogP) is -0.247. The van der Waals surface area contributed by atoms with E-state index in [4.69, 9.17) is 11.6 Å². The van der Waals surface area contributed by atoms with Gasteiger partial charge in [0.1, 0.15) is 11.0 Å². The van der Waals surface area contributed by atoms with E-state index in [2.05, 4.69) is 9.97 Å². The average Bonchev–Trinajstić information content (AvgIpc) is 2.41. The smallest absolute Gasteiger partial charge is 0.279 e. The molecule has 6 nitrogen and oxygen atoms in total. The molecule has 0 aliphatic carbocycles. The molecule has 0 bridgehead atoms. The fourth-order valence-corrected chi connectivity index (χ4v) is 1.93. The summed E-state index contributed by atoms with van der Waals surface area (Å²) in [6, 6.07) is 4.49. The molecular weight excluding hydrogens is 272 g/mol.